The van der Waals surface area contributed by atoms with Crippen LogP contribution in [0.4, 0.5) is 0 Å². The van der Waals surface area contributed by atoms with Gasteiger partial charge in [-0.15, -0.1) is 10.2 Å². The van der Waals surface area contributed by atoms with E-state index in [4.69, 9.17) is 10.7 Å². The number of nitriles is 1. The molecule has 1 aliphatic carbocycles. The molecule has 0 saturated heterocycles. The van der Waals surface area contributed by atoms with Crippen LogP contribution in [0.2, 0.25) is 0 Å². The van der Waals surface area contributed by atoms with Crippen molar-refractivity contribution in [1.29, 1.82) is 5.26 Å². The fourth-order valence-corrected chi connectivity index (χ4v) is 5.36. The lowest BCUT2D eigenvalue weighted by atomic mass is 9.72. The third kappa shape index (κ3) is 3.56. The van der Waals surface area contributed by atoms with E-state index in [1.165, 1.54) is 12.0 Å². The molecule has 182 valence electrons. The van der Waals surface area contributed by atoms with Gasteiger partial charge in [-0.3, -0.25) is 4.40 Å². The summed E-state index contributed by atoms with van der Waals surface area (Å²) in [4.78, 5) is 5.19. The van der Waals surface area contributed by atoms with Gasteiger partial charge in [0.2, 0.25) is 0 Å². The molecule has 0 spiro atoms. The number of nitrogens with zero attached hydrogens (tertiary/aromatic N) is 5. The largest absolute Gasteiger partial charge is 0.321 e. The molecule has 1 saturated carbocycles. The first-order valence-corrected chi connectivity index (χ1v) is 12.8. The van der Waals surface area contributed by atoms with Gasteiger partial charge in [-0.25, -0.2) is 4.98 Å². The predicted molar refractivity (Wildman–Crippen MR) is 149 cm³/mol. The average Bonchev–Trinajstić information content (AvgIpc) is 3.40. The van der Waals surface area contributed by atoms with Crippen molar-refractivity contribution in [2.24, 2.45) is 5.73 Å². The highest BCUT2D eigenvalue weighted by atomic mass is 15.2. The molecule has 0 atom stereocenters. The Balaban J connectivity index is 1.45. The van der Waals surface area contributed by atoms with E-state index in [0.29, 0.717) is 11.4 Å². The number of pyridine rings is 2. The van der Waals surface area contributed by atoms with E-state index < -0.39 is 0 Å². The Morgan fingerprint density at radius 1 is 0.789 bits per heavy atom. The molecular weight excluding hydrogens is 468 g/mol. The fourth-order valence-electron chi connectivity index (χ4n) is 5.36. The molecule has 3 aromatic heterocycles. The summed E-state index contributed by atoms with van der Waals surface area (Å²) in [5.74, 6) is 0.710. The molecule has 38 heavy (non-hydrogen) atoms. The highest BCUT2D eigenvalue weighted by Crippen LogP contribution is 2.40. The smallest absolute Gasteiger partial charge is 0.168 e. The minimum atomic E-state index is -0.195. The summed E-state index contributed by atoms with van der Waals surface area (Å²) in [6, 6.07) is 34.6. The summed E-state index contributed by atoms with van der Waals surface area (Å²) in [7, 11) is 0. The molecule has 0 amide bonds. The lowest BCUT2D eigenvalue weighted by Gasteiger charge is -2.38. The van der Waals surface area contributed by atoms with Gasteiger partial charge in [0.1, 0.15) is 0 Å². The number of aromatic nitrogens is 4. The van der Waals surface area contributed by atoms with Crippen LogP contribution in [0.15, 0.2) is 97.1 Å². The average molecular weight is 493 g/mol. The van der Waals surface area contributed by atoms with Crippen LogP contribution in [0.5, 0.6) is 0 Å². The zero-order valence-corrected chi connectivity index (χ0v) is 20.7. The Morgan fingerprint density at radius 3 is 2.21 bits per heavy atom. The molecule has 6 heteroatoms. The summed E-state index contributed by atoms with van der Waals surface area (Å²) in [5, 5.41) is 18.1. The molecule has 6 nitrogen and oxygen atoms in total. The van der Waals surface area contributed by atoms with E-state index in [1.54, 1.807) is 12.1 Å². The third-order valence-electron chi connectivity index (χ3n) is 7.69. The van der Waals surface area contributed by atoms with Crippen LogP contribution >= 0.6 is 0 Å². The maximum absolute atomic E-state index is 9.20. The molecule has 7 rings (SSSR count). The van der Waals surface area contributed by atoms with Crippen molar-refractivity contribution >= 4 is 16.7 Å². The van der Waals surface area contributed by atoms with Crippen LogP contribution in [0, 0.1) is 11.3 Å². The Kier molecular flexibility index (Phi) is 5.07. The SMILES string of the molecule is N#Cc1ccc(-c2nnc3ccc4nc(-c5ccc(C6(N)CCC6)cc5)c(-c5ccccc5)cc4n23)cc1. The second-order valence-electron chi connectivity index (χ2n) is 9.98. The molecule has 0 unspecified atom stereocenters. The minimum Gasteiger partial charge on any atom is -0.321 e. The van der Waals surface area contributed by atoms with E-state index >= 15 is 0 Å². The summed E-state index contributed by atoms with van der Waals surface area (Å²) in [6.45, 7) is 0. The number of rotatable bonds is 4. The third-order valence-corrected chi connectivity index (χ3v) is 7.69. The first kappa shape index (κ1) is 22.3. The second-order valence-corrected chi connectivity index (χ2v) is 9.98. The standard InChI is InChI=1S/C32H24N6/c33-20-21-7-9-24(10-8-21)31-37-36-29-16-15-27-28(38(29)31)19-26(22-5-2-1-3-6-22)30(35-27)23-11-13-25(14-12-23)32(34)17-4-18-32/h1-3,5-16,19H,4,17-18,34H2. The number of hydrogen-bond donors (Lipinski definition) is 1. The van der Waals surface area contributed by atoms with Gasteiger partial charge in [0.15, 0.2) is 11.5 Å². The lowest BCUT2D eigenvalue weighted by molar-refractivity contribution is 0.253. The van der Waals surface area contributed by atoms with Crippen LogP contribution in [0.1, 0.15) is 30.4 Å². The molecule has 1 fully saturated rings. The van der Waals surface area contributed by atoms with Crippen molar-refractivity contribution in [2.45, 2.75) is 24.8 Å². The second kappa shape index (κ2) is 8.62. The summed E-state index contributed by atoms with van der Waals surface area (Å²) in [5.41, 5.74) is 15.7. The molecule has 3 aromatic carbocycles. The highest BCUT2D eigenvalue weighted by Gasteiger charge is 2.34. The highest BCUT2D eigenvalue weighted by molar-refractivity contribution is 5.92. The predicted octanol–water partition coefficient (Wildman–Crippen LogP) is 6.49. The van der Waals surface area contributed by atoms with Gasteiger partial charge in [0.25, 0.3) is 0 Å². The van der Waals surface area contributed by atoms with Crippen LogP contribution < -0.4 is 5.73 Å². The van der Waals surface area contributed by atoms with E-state index in [1.807, 2.05) is 46.9 Å². The van der Waals surface area contributed by atoms with Gasteiger partial charge >= 0.3 is 0 Å². The van der Waals surface area contributed by atoms with Crippen molar-refractivity contribution in [3.63, 3.8) is 0 Å². The quantitative estimate of drug-likeness (QED) is 0.304. The maximum atomic E-state index is 9.20. The van der Waals surface area contributed by atoms with Crippen LogP contribution in [0.25, 0.3) is 50.5 Å². The summed E-state index contributed by atoms with van der Waals surface area (Å²) >= 11 is 0. The van der Waals surface area contributed by atoms with E-state index in [2.05, 4.69) is 58.7 Å². The Hall–Kier alpha value is -4.86. The van der Waals surface area contributed by atoms with Crippen LogP contribution in [0.3, 0.4) is 0 Å². The Bertz CT molecular complexity index is 1840. The molecule has 1 aliphatic rings. The molecule has 2 N–H and O–H groups in total. The molecule has 6 aromatic rings. The molecule has 0 bridgehead atoms. The van der Waals surface area contributed by atoms with E-state index in [9.17, 15) is 5.26 Å². The van der Waals surface area contributed by atoms with Crippen molar-refractivity contribution in [2.75, 3.05) is 0 Å². The maximum Gasteiger partial charge on any atom is 0.168 e. The number of hydrogen-bond acceptors (Lipinski definition) is 5. The summed E-state index contributed by atoms with van der Waals surface area (Å²) < 4.78 is 2.04. The topological polar surface area (TPSA) is 92.9 Å². The molecular formula is C32H24N6. The van der Waals surface area contributed by atoms with Gasteiger partial charge in [-0.2, -0.15) is 5.26 Å². The number of nitrogens with two attached hydrogens (primary N) is 1. The summed E-state index contributed by atoms with van der Waals surface area (Å²) in [6.07, 6.45) is 3.25. The molecule has 3 heterocycles. The van der Waals surface area contributed by atoms with E-state index in [0.717, 1.165) is 57.5 Å². The van der Waals surface area contributed by atoms with Gasteiger partial charge in [-0.05, 0) is 72.9 Å². The normalized spacial score (nSPS) is 14.3. The van der Waals surface area contributed by atoms with Crippen molar-refractivity contribution < 1.29 is 0 Å². The van der Waals surface area contributed by atoms with Gasteiger partial charge in [-0.1, -0.05) is 54.6 Å². The van der Waals surface area contributed by atoms with Crippen molar-refractivity contribution in [3.05, 3.63) is 108 Å². The Morgan fingerprint density at radius 2 is 1.53 bits per heavy atom. The van der Waals surface area contributed by atoms with Crippen molar-refractivity contribution in [1.82, 2.24) is 19.6 Å². The van der Waals surface area contributed by atoms with Crippen molar-refractivity contribution in [3.8, 4) is 39.8 Å². The fraction of sp³-hybridized carbons (Fsp3) is 0.125. The number of fused-ring (bicyclic) bond motifs is 3. The van der Waals surface area contributed by atoms with Crippen LogP contribution in [-0.2, 0) is 5.54 Å². The first-order chi connectivity index (χ1) is 18.6. The monoisotopic (exact) mass is 492 g/mol. The zero-order valence-electron chi connectivity index (χ0n) is 20.7. The first-order valence-electron chi connectivity index (χ1n) is 12.8. The van der Waals surface area contributed by atoms with Crippen LogP contribution in [-0.4, -0.2) is 19.6 Å². The molecule has 0 radical (unpaired) electrons. The number of benzene rings is 3. The molecule has 0 aliphatic heterocycles. The Labute approximate surface area is 220 Å². The van der Waals surface area contributed by atoms with Gasteiger partial charge in [0, 0.05) is 22.2 Å². The lowest BCUT2D eigenvalue weighted by Crippen LogP contribution is -2.43. The van der Waals surface area contributed by atoms with Gasteiger partial charge < -0.3 is 5.73 Å². The van der Waals surface area contributed by atoms with Gasteiger partial charge in [0.05, 0.1) is 28.4 Å². The van der Waals surface area contributed by atoms with E-state index in [-0.39, 0.29) is 5.54 Å². The zero-order chi connectivity index (χ0) is 25.7. The minimum absolute atomic E-state index is 0.195.